The molecule has 0 atom stereocenters. The molecule has 1 aromatic heterocycles. The van der Waals surface area contributed by atoms with Crippen molar-refractivity contribution in [3.63, 3.8) is 0 Å². The SMILES string of the molecule is Cc1sc2c(c1C)CSC(C(=O)NC1CCCC1)=C2. The molecule has 1 aliphatic heterocycles. The summed E-state index contributed by atoms with van der Waals surface area (Å²) in [5.41, 5.74) is 2.82. The van der Waals surface area contributed by atoms with Crippen molar-refractivity contribution in [3.05, 3.63) is 25.8 Å². The van der Waals surface area contributed by atoms with Crippen LogP contribution in [0, 0.1) is 13.8 Å². The van der Waals surface area contributed by atoms with Gasteiger partial charge in [0.25, 0.3) is 5.91 Å². The van der Waals surface area contributed by atoms with E-state index in [0.717, 1.165) is 23.5 Å². The zero-order valence-electron chi connectivity index (χ0n) is 11.4. The van der Waals surface area contributed by atoms with Crippen LogP contribution in [0.1, 0.15) is 46.6 Å². The minimum atomic E-state index is 0.131. The molecule has 1 N–H and O–H groups in total. The van der Waals surface area contributed by atoms with Crippen molar-refractivity contribution in [2.75, 3.05) is 0 Å². The van der Waals surface area contributed by atoms with Gasteiger partial charge in [-0.1, -0.05) is 12.8 Å². The minimum Gasteiger partial charge on any atom is -0.349 e. The fourth-order valence-electron chi connectivity index (χ4n) is 2.76. The third-order valence-electron chi connectivity index (χ3n) is 4.09. The standard InChI is InChI=1S/C15H19NOS2/c1-9-10(2)19-13-7-14(18-8-12(9)13)15(17)16-11-5-3-4-6-11/h7,11H,3-6,8H2,1-2H3,(H,16,17). The molecule has 1 aromatic rings. The lowest BCUT2D eigenvalue weighted by Crippen LogP contribution is -2.33. The fourth-order valence-corrected chi connectivity index (χ4v) is 5.13. The van der Waals surface area contributed by atoms with Crippen LogP contribution >= 0.6 is 23.1 Å². The van der Waals surface area contributed by atoms with Crippen LogP contribution in [0.5, 0.6) is 0 Å². The molecule has 102 valence electrons. The van der Waals surface area contributed by atoms with Gasteiger partial charge in [0.2, 0.25) is 0 Å². The van der Waals surface area contributed by atoms with E-state index in [2.05, 4.69) is 25.2 Å². The van der Waals surface area contributed by atoms with Gasteiger partial charge in [-0.2, -0.15) is 0 Å². The Kier molecular flexibility index (Phi) is 3.72. The Balaban J connectivity index is 1.76. The molecule has 0 bridgehead atoms. The molecule has 0 unspecified atom stereocenters. The van der Waals surface area contributed by atoms with Crippen LogP contribution in [0.3, 0.4) is 0 Å². The Morgan fingerprint density at radius 1 is 1.32 bits per heavy atom. The van der Waals surface area contributed by atoms with Crippen molar-refractivity contribution in [2.24, 2.45) is 0 Å². The fraction of sp³-hybridized carbons (Fsp3) is 0.533. The number of rotatable bonds is 2. The lowest BCUT2D eigenvalue weighted by Gasteiger charge is -2.16. The second-order valence-electron chi connectivity index (χ2n) is 5.38. The highest BCUT2D eigenvalue weighted by Crippen LogP contribution is 2.39. The molecule has 2 nitrogen and oxygen atoms in total. The molecule has 19 heavy (non-hydrogen) atoms. The van der Waals surface area contributed by atoms with Gasteiger partial charge in [0.15, 0.2) is 0 Å². The summed E-state index contributed by atoms with van der Waals surface area (Å²) < 4.78 is 0. The summed E-state index contributed by atoms with van der Waals surface area (Å²) in [6, 6.07) is 0.405. The summed E-state index contributed by atoms with van der Waals surface area (Å²) in [4.78, 5) is 15.8. The van der Waals surface area contributed by atoms with Crippen LogP contribution < -0.4 is 5.32 Å². The van der Waals surface area contributed by atoms with Crippen LogP contribution in [-0.4, -0.2) is 11.9 Å². The molecule has 0 spiro atoms. The Labute approximate surface area is 122 Å². The van der Waals surface area contributed by atoms with Crippen molar-refractivity contribution in [2.45, 2.75) is 51.3 Å². The minimum absolute atomic E-state index is 0.131. The molecule has 1 aliphatic carbocycles. The number of carbonyl (C=O) groups excluding carboxylic acids is 1. The Morgan fingerprint density at radius 3 is 2.79 bits per heavy atom. The third-order valence-corrected chi connectivity index (χ3v) is 6.33. The maximum absolute atomic E-state index is 12.3. The van der Waals surface area contributed by atoms with Crippen molar-refractivity contribution < 1.29 is 4.79 Å². The first-order valence-corrected chi connectivity index (χ1v) is 8.69. The van der Waals surface area contributed by atoms with Crippen molar-refractivity contribution in [1.82, 2.24) is 5.32 Å². The topological polar surface area (TPSA) is 29.1 Å². The van der Waals surface area contributed by atoms with E-state index in [9.17, 15) is 4.79 Å². The van der Waals surface area contributed by atoms with Gasteiger partial charge in [-0.3, -0.25) is 4.79 Å². The highest BCUT2D eigenvalue weighted by atomic mass is 32.2. The molecule has 3 rings (SSSR count). The number of aryl methyl sites for hydroxylation is 1. The molecule has 1 fully saturated rings. The first kappa shape index (κ1) is 13.3. The maximum atomic E-state index is 12.3. The molecule has 0 aromatic carbocycles. The molecule has 1 amide bonds. The number of hydrogen-bond acceptors (Lipinski definition) is 3. The van der Waals surface area contributed by atoms with Gasteiger partial charge in [0, 0.05) is 21.5 Å². The Morgan fingerprint density at radius 2 is 2.05 bits per heavy atom. The van der Waals surface area contributed by atoms with Crippen LogP contribution in [0.2, 0.25) is 0 Å². The number of thiophene rings is 1. The number of amides is 1. The second-order valence-corrected chi connectivity index (χ2v) is 7.65. The van der Waals surface area contributed by atoms with E-state index in [-0.39, 0.29) is 5.91 Å². The summed E-state index contributed by atoms with van der Waals surface area (Å²) in [5.74, 6) is 1.07. The van der Waals surface area contributed by atoms with E-state index < -0.39 is 0 Å². The van der Waals surface area contributed by atoms with Gasteiger partial charge >= 0.3 is 0 Å². The number of hydrogen-bond donors (Lipinski definition) is 1. The molecule has 2 heterocycles. The molecule has 4 heteroatoms. The van der Waals surface area contributed by atoms with Crippen molar-refractivity contribution in [3.8, 4) is 0 Å². The van der Waals surface area contributed by atoms with Gasteiger partial charge < -0.3 is 5.32 Å². The van der Waals surface area contributed by atoms with Gasteiger partial charge in [0.1, 0.15) is 0 Å². The van der Waals surface area contributed by atoms with Crippen molar-refractivity contribution in [1.29, 1.82) is 0 Å². The summed E-state index contributed by atoms with van der Waals surface area (Å²) in [6.45, 7) is 4.34. The Hall–Kier alpha value is -0.740. The normalized spacial score (nSPS) is 19.2. The number of nitrogens with one attached hydrogen (secondary N) is 1. The first-order valence-electron chi connectivity index (χ1n) is 6.89. The largest absolute Gasteiger partial charge is 0.349 e. The highest BCUT2D eigenvalue weighted by Gasteiger charge is 2.23. The van der Waals surface area contributed by atoms with Gasteiger partial charge in [-0.25, -0.2) is 0 Å². The van der Waals surface area contributed by atoms with Gasteiger partial charge in [-0.05, 0) is 43.9 Å². The molecule has 0 radical (unpaired) electrons. The van der Waals surface area contributed by atoms with Gasteiger partial charge in [-0.15, -0.1) is 23.1 Å². The average Bonchev–Trinajstić information content (AvgIpc) is 2.99. The lowest BCUT2D eigenvalue weighted by atomic mass is 10.1. The predicted molar refractivity (Wildman–Crippen MR) is 83.5 cm³/mol. The number of thioether (sulfide) groups is 1. The van der Waals surface area contributed by atoms with E-state index in [4.69, 9.17) is 0 Å². The average molecular weight is 293 g/mol. The number of fused-ring (bicyclic) bond motifs is 1. The van der Waals surface area contributed by atoms with E-state index in [0.29, 0.717) is 6.04 Å². The summed E-state index contributed by atoms with van der Waals surface area (Å²) >= 11 is 3.49. The maximum Gasteiger partial charge on any atom is 0.257 e. The van der Waals surface area contributed by atoms with Gasteiger partial charge in [0.05, 0.1) is 4.91 Å². The quantitative estimate of drug-likeness (QED) is 0.892. The zero-order chi connectivity index (χ0) is 13.4. The summed E-state index contributed by atoms with van der Waals surface area (Å²) in [7, 11) is 0. The highest BCUT2D eigenvalue weighted by molar-refractivity contribution is 8.03. The van der Waals surface area contributed by atoms with E-state index >= 15 is 0 Å². The Bertz CT molecular complexity index is 539. The zero-order valence-corrected chi connectivity index (χ0v) is 13.0. The molecule has 1 saturated carbocycles. The molecular formula is C15H19NOS2. The van der Waals surface area contributed by atoms with Crippen molar-refractivity contribution >= 4 is 35.1 Å². The molecule has 0 saturated heterocycles. The van der Waals surface area contributed by atoms with E-state index in [1.165, 1.54) is 33.7 Å². The molecular weight excluding hydrogens is 274 g/mol. The number of carbonyl (C=O) groups is 1. The lowest BCUT2D eigenvalue weighted by molar-refractivity contribution is -0.117. The smallest absolute Gasteiger partial charge is 0.257 e. The molecule has 2 aliphatic rings. The van der Waals surface area contributed by atoms with E-state index in [1.807, 2.05) is 11.3 Å². The summed E-state index contributed by atoms with van der Waals surface area (Å²) in [5, 5.41) is 3.18. The van der Waals surface area contributed by atoms with Crippen LogP contribution in [0.4, 0.5) is 0 Å². The first-order chi connectivity index (χ1) is 9.15. The third kappa shape index (κ3) is 2.61. The van der Waals surface area contributed by atoms with Crippen LogP contribution in [-0.2, 0) is 10.5 Å². The summed E-state index contributed by atoms with van der Waals surface area (Å²) in [6.07, 6.45) is 6.88. The second kappa shape index (κ2) is 5.33. The van der Waals surface area contributed by atoms with E-state index in [1.54, 1.807) is 11.8 Å². The monoisotopic (exact) mass is 293 g/mol. The predicted octanol–water partition coefficient (Wildman–Crippen LogP) is 4.01. The van der Waals surface area contributed by atoms with Crippen LogP contribution in [0.15, 0.2) is 4.91 Å². The van der Waals surface area contributed by atoms with Crippen LogP contribution in [0.25, 0.3) is 6.08 Å².